The molecule has 3 aromatic rings. The molecule has 1 unspecified atom stereocenters. The molecule has 144 valence electrons. The average Bonchev–Trinajstić information content (AvgIpc) is 2.76. The predicted octanol–water partition coefficient (Wildman–Crippen LogP) is 4.61. The van der Waals surface area contributed by atoms with Gasteiger partial charge in [0, 0.05) is 11.8 Å². The first kappa shape index (κ1) is 19.3. The number of hydrogen-bond donors (Lipinski definition) is 0. The number of benzene rings is 2. The summed E-state index contributed by atoms with van der Waals surface area (Å²) >= 11 is 0. The van der Waals surface area contributed by atoms with Crippen LogP contribution in [0.2, 0.25) is 0 Å². The Morgan fingerprint density at radius 3 is 2.21 bits per heavy atom. The Hall–Kier alpha value is -3.46. The van der Waals surface area contributed by atoms with E-state index < -0.39 is 6.10 Å². The molecular weight excluding hydrogens is 356 g/mol. The lowest BCUT2D eigenvalue weighted by Crippen LogP contribution is -2.13. The van der Waals surface area contributed by atoms with Crippen LogP contribution in [-0.2, 0) is 0 Å². The van der Waals surface area contributed by atoms with Crippen LogP contribution in [0.3, 0.4) is 0 Å². The molecule has 0 saturated heterocycles. The molecule has 1 atom stereocenters. The van der Waals surface area contributed by atoms with E-state index in [9.17, 15) is 5.26 Å². The van der Waals surface area contributed by atoms with Crippen LogP contribution in [0, 0.1) is 11.3 Å². The molecule has 0 spiro atoms. The number of nitriles is 1. The number of ether oxygens (including phenoxy) is 4. The quantitative estimate of drug-likeness (QED) is 0.598. The van der Waals surface area contributed by atoms with Crippen molar-refractivity contribution in [3.05, 3.63) is 42.6 Å². The lowest BCUT2D eigenvalue weighted by atomic mass is 10.0. The van der Waals surface area contributed by atoms with Crippen LogP contribution in [-0.4, -0.2) is 32.4 Å². The van der Waals surface area contributed by atoms with Gasteiger partial charge in [-0.15, -0.1) is 0 Å². The monoisotopic (exact) mass is 378 g/mol. The summed E-state index contributed by atoms with van der Waals surface area (Å²) in [6.45, 7) is 1.90. The van der Waals surface area contributed by atoms with E-state index in [0.717, 1.165) is 16.9 Å². The van der Waals surface area contributed by atoms with Crippen LogP contribution in [0.4, 0.5) is 0 Å². The Labute approximate surface area is 164 Å². The number of pyridine rings is 1. The van der Waals surface area contributed by atoms with Gasteiger partial charge < -0.3 is 18.9 Å². The number of hydrogen-bond acceptors (Lipinski definition) is 6. The Balaban J connectivity index is 2.32. The van der Waals surface area contributed by atoms with Crippen molar-refractivity contribution in [1.82, 2.24) is 4.98 Å². The second-order valence-electron chi connectivity index (χ2n) is 6.07. The number of fused-ring (bicyclic) bond motifs is 1. The van der Waals surface area contributed by atoms with Crippen molar-refractivity contribution in [1.29, 1.82) is 5.26 Å². The van der Waals surface area contributed by atoms with Crippen LogP contribution in [0.15, 0.2) is 42.6 Å². The highest BCUT2D eigenvalue weighted by Gasteiger charge is 2.21. The molecule has 0 amide bonds. The molecule has 1 heterocycles. The average molecular weight is 378 g/mol. The summed E-state index contributed by atoms with van der Waals surface area (Å²) in [7, 11) is 4.80. The summed E-state index contributed by atoms with van der Waals surface area (Å²) in [6.07, 6.45) is 1.68. The van der Waals surface area contributed by atoms with Gasteiger partial charge in [-0.2, -0.15) is 5.26 Å². The Kier molecular flexibility index (Phi) is 5.85. The molecule has 2 aromatic carbocycles. The first-order valence-electron chi connectivity index (χ1n) is 8.91. The minimum atomic E-state index is -0.599. The molecular formula is C22H22N2O4. The van der Waals surface area contributed by atoms with E-state index in [2.05, 4.69) is 11.1 Å². The maximum Gasteiger partial charge on any atom is 0.184 e. The molecule has 0 bridgehead atoms. The molecule has 0 aliphatic rings. The smallest absolute Gasteiger partial charge is 0.184 e. The molecule has 6 heteroatoms. The van der Waals surface area contributed by atoms with Gasteiger partial charge in [0.1, 0.15) is 34.6 Å². The fraction of sp³-hybridized carbons (Fsp3) is 0.273. The molecule has 1 aromatic heterocycles. The largest absolute Gasteiger partial charge is 0.497 e. The third-order valence-electron chi connectivity index (χ3n) is 4.51. The summed E-state index contributed by atoms with van der Waals surface area (Å²) in [6, 6.07) is 13.4. The molecule has 6 nitrogen and oxygen atoms in total. The minimum absolute atomic E-state index is 0.541. The first-order valence-corrected chi connectivity index (χ1v) is 8.91. The van der Waals surface area contributed by atoms with Gasteiger partial charge in [-0.05, 0) is 36.2 Å². The molecule has 0 fully saturated rings. The molecule has 0 aliphatic carbocycles. The molecule has 28 heavy (non-hydrogen) atoms. The van der Waals surface area contributed by atoms with E-state index in [0.29, 0.717) is 34.6 Å². The van der Waals surface area contributed by atoms with Crippen LogP contribution >= 0.6 is 0 Å². The van der Waals surface area contributed by atoms with E-state index in [-0.39, 0.29) is 0 Å². The van der Waals surface area contributed by atoms with Gasteiger partial charge in [-0.1, -0.05) is 19.1 Å². The molecule has 0 aliphatic heterocycles. The van der Waals surface area contributed by atoms with E-state index in [1.807, 2.05) is 31.2 Å². The van der Waals surface area contributed by atoms with Gasteiger partial charge in [0.2, 0.25) is 0 Å². The minimum Gasteiger partial charge on any atom is -0.497 e. The summed E-state index contributed by atoms with van der Waals surface area (Å²) < 4.78 is 22.4. The van der Waals surface area contributed by atoms with Gasteiger partial charge in [-0.25, -0.2) is 0 Å². The van der Waals surface area contributed by atoms with Crippen LogP contribution in [0.25, 0.3) is 22.0 Å². The topological polar surface area (TPSA) is 73.6 Å². The van der Waals surface area contributed by atoms with Crippen LogP contribution in [0.5, 0.6) is 23.0 Å². The summed E-state index contributed by atoms with van der Waals surface area (Å²) in [5.74, 6) is 2.50. The van der Waals surface area contributed by atoms with Gasteiger partial charge in [0.05, 0.1) is 26.7 Å². The second-order valence-corrected chi connectivity index (χ2v) is 6.07. The number of methoxy groups -OCH3 is 3. The number of aromatic nitrogens is 1. The Bertz CT molecular complexity index is 1010. The number of nitrogens with zero attached hydrogens (tertiary/aromatic N) is 2. The van der Waals surface area contributed by atoms with E-state index in [1.165, 1.54) is 0 Å². The Morgan fingerprint density at radius 2 is 1.64 bits per heavy atom. The standard InChI is InChI=1S/C22H22N2O4/c1-5-15(12-23)28-22-17(14-6-8-16(25-2)9-7-14)13-24-21-19(27-4)11-10-18(26-3)20(21)22/h6-11,13,15H,5H2,1-4H3. The Morgan fingerprint density at radius 1 is 0.964 bits per heavy atom. The van der Waals surface area contributed by atoms with Crippen molar-refractivity contribution in [3.63, 3.8) is 0 Å². The van der Waals surface area contributed by atoms with E-state index in [4.69, 9.17) is 18.9 Å². The number of rotatable bonds is 7. The van der Waals surface area contributed by atoms with Crippen LogP contribution < -0.4 is 18.9 Å². The van der Waals surface area contributed by atoms with Gasteiger partial charge in [0.25, 0.3) is 0 Å². The summed E-state index contributed by atoms with van der Waals surface area (Å²) in [5.41, 5.74) is 2.26. The molecule has 0 saturated carbocycles. The van der Waals surface area contributed by atoms with Crippen molar-refractivity contribution < 1.29 is 18.9 Å². The molecule has 0 radical (unpaired) electrons. The predicted molar refractivity (Wildman–Crippen MR) is 107 cm³/mol. The fourth-order valence-electron chi connectivity index (χ4n) is 3.00. The second kappa shape index (κ2) is 8.49. The van der Waals surface area contributed by atoms with Gasteiger partial charge >= 0.3 is 0 Å². The van der Waals surface area contributed by atoms with Gasteiger partial charge in [-0.3, -0.25) is 4.98 Å². The normalized spacial score (nSPS) is 11.5. The zero-order chi connectivity index (χ0) is 20.1. The fourth-order valence-corrected chi connectivity index (χ4v) is 3.00. The van der Waals surface area contributed by atoms with Crippen molar-refractivity contribution >= 4 is 10.9 Å². The third-order valence-corrected chi connectivity index (χ3v) is 4.51. The van der Waals surface area contributed by atoms with Gasteiger partial charge in [0.15, 0.2) is 6.10 Å². The highest BCUT2D eigenvalue weighted by Crippen LogP contribution is 2.44. The third kappa shape index (κ3) is 3.52. The van der Waals surface area contributed by atoms with Crippen molar-refractivity contribution in [2.75, 3.05) is 21.3 Å². The maximum atomic E-state index is 9.45. The lowest BCUT2D eigenvalue weighted by Gasteiger charge is -2.19. The molecule has 3 rings (SSSR count). The summed E-state index contributed by atoms with van der Waals surface area (Å²) in [5, 5.41) is 10.1. The van der Waals surface area contributed by atoms with Crippen LogP contribution in [0.1, 0.15) is 13.3 Å². The van der Waals surface area contributed by atoms with E-state index >= 15 is 0 Å². The van der Waals surface area contributed by atoms with Crippen molar-refractivity contribution in [2.24, 2.45) is 0 Å². The zero-order valence-electron chi connectivity index (χ0n) is 16.4. The summed E-state index contributed by atoms with van der Waals surface area (Å²) in [4.78, 5) is 4.60. The van der Waals surface area contributed by atoms with Crippen molar-refractivity contribution in [3.8, 4) is 40.2 Å². The zero-order valence-corrected chi connectivity index (χ0v) is 16.4. The SMILES string of the molecule is CCC(C#N)Oc1c(-c2ccc(OC)cc2)cnc2c(OC)ccc(OC)c12. The lowest BCUT2D eigenvalue weighted by molar-refractivity contribution is 0.255. The maximum absolute atomic E-state index is 9.45. The highest BCUT2D eigenvalue weighted by molar-refractivity contribution is 5.99. The van der Waals surface area contributed by atoms with E-state index in [1.54, 1.807) is 39.7 Å². The highest BCUT2D eigenvalue weighted by atomic mass is 16.5. The first-order chi connectivity index (χ1) is 13.7. The molecule has 0 N–H and O–H groups in total. The van der Waals surface area contributed by atoms with Crippen molar-refractivity contribution in [2.45, 2.75) is 19.4 Å².